The monoisotopic (exact) mass is 532 g/mol. The highest BCUT2D eigenvalue weighted by molar-refractivity contribution is 6.46. The van der Waals surface area contributed by atoms with E-state index in [0.29, 0.717) is 46.5 Å². The molecule has 2 aromatic carbocycles. The molecule has 1 unspecified atom stereocenters. The molecule has 1 aliphatic rings. The number of nitrogens with zero attached hydrogens (tertiary/aromatic N) is 2. The maximum absolute atomic E-state index is 13.3. The number of Topliss-reactive ketones (excluding diaryl/α,β-unsaturated/α-hetero) is 1. The lowest BCUT2D eigenvalue weighted by Crippen LogP contribution is -2.33. The normalized spacial score (nSPS) is 17.3. The molecule has 1 atom stereocenters. The summed E-state index contributed by atoms with van der Waals surface area (Å²) in [5, 5.41) is 12.0. The molecule has 1 fully saturated rings. The van der Waals surface area contributed by atoms with Crippen LogP contribution in [-0.4, -0.2) is 59.4 Å². The molecule has 1 amide bonds. The Hall–Kier alpha value is -2.54. The number of unbranched alkanes of at least 4 members (excludes halogenated alkanes) is 1. The summed E-state index contributed by atoms with van der Waals surface area (Å²) in [5.41, 5.74) is 1.06. The van der Waals surface area contributed by atoms with Crippen LogP contribution in [0.5, 0.6) is 5.75 Å². The summed E-state index contributed by atoms with van der Waals surface area (Å²) in [5.74, 6) is -1.00. The Bertz CT molecular complexity index is 1110. The average molecular weight is 533 g/mol. The number of aliphatic hydroxyl groups excluding tert-OH is 1. The highest BCUT2D eigenvalue weighted by Gasteiger charge is 2.46. The molecule has 2 aromatic rings. The summed E-state index contributed by atoms with van der Waals surface area (Å²) in [4.78, 5) is 30.2. The highest BCUT2D eigenvalue weighted by atomic mass is 35.5. The number of likely N-dealkylation sites (tertiary alicyclic amines) is 1. The number of hydrogen-bond donors (Lipinski definition) is 1. The van der Waals surface area contributed by atoms with Gasteiger partial charge in [0.15, 0.2) is 0 Å². The van der Waals surface area contributed by atoms with E-state index in [1.54, 1.807) is 42.5 Å². The van der Waals surface area contributed by atoms with Gasteiger partial charge in [-0.2, -0.15) is 0 Å². The van der Waals surface area contributed by atoms with Crippen LogP contribution in [0.15, 0.2) is 48.0 Å². The Labute approximate surface area is 223 Å². The smallest absolute Gasteiger partial charge is 0.295 e. The number of ketones is 1. The van der Waals surface area contributed by atoms with Crippen molar-refractivity contribution in [2.45, 2.75) is 46.1 Å². The SMILES string of the molecule is CCCCOc1cccc(C(O)=C2C(=O)C(=O)N(CCCN(CC)CC)C2c2ccc(Cl)c(Cl)c2)c1. The van der Waals surface area contributed by atoms with E-state index in [9.17, 15) is 14.7 Å². The van der Waals surface area contributed by atoms with Crippen molar-refractivity contribution in [2.75, 3.05) is 32.8 Å². The van der Waals surface area contributed by atoms with E-state index in [1.165, 1.54) is 4.90 Å². The first-order valence-electron chi connectivity index (χ1n) is 12.5. The van der Waals surface area contributed by atoms with Crippen molar-refractivity contribution in [2.24, 2.45) is 0 Å². The Balaban J connectivity index is 2.02. The van der Waals surface area contributed by atoms with Crippen molar-refractivity contribution < 1.29 is 19.4 Å². The lowest BCUT2D eigenvalue weighted by molar-refractivity contribution is -0.140. The van der Waals surface area contributed by atoms with Crippen LogP contribution in [0, 0.1) is 0 Å². The van der Waals surface area contributed by atoms with Crippen LogP contribution in [0.4, 0.5) is 0 Å². The van der Waals surface area contributed by atoms with Crippen molar-refractivity contribution in [3.8, 4) is 5.75 Å². The zero-order valence-corrected chi connectivity index (χ0v) is 22.6. The fourth-order valence-electron chi connectivity index (χ4n) is 4.37. The van der Waals surface area contributed by atoms with Gasteiger partial charge in [0.05, 0.1) is 28.3 Å². The summed E-state index contributed by atoms with van der Waals surface area (Å²) in [6.45, 7) is 9.78. The molecule has 0 aliphatic carbocycles. The summed E-state index contributed by atoms with van der Waals surface area (Å²) >= 11 is 12.4. The van der Waals surface area contributed by atoms with Crippen LogP contribution in [0.3, 0.4) is 0 Å². The molecule has 36 heavy (non-hydrogen) atoms. The number of halogens is 2. The number of hydrogen-bond acceptors (Lipinski definition) is 5. The van der Waals surface area contributed by atoms with Gasteiger partial charge in [0.1, 0.15) is 11.5 Å². The van der Waals surface area contributed by atoms with Gasteiger partial charge < -0.3 is 19.6 Å². The zero-order valence-electron chi connectivity index (χ0n) is 21.1. The average Bonchev–Trinajstić information content (AvgIpc) is 3.13. The lowest BCUT2D eigenvalue weighted by Gasteiger charge is -2.27. The van der Waals surface area contributed by atoms with Gasteiger partial charge in [0, 0.05) is 12.1 Å². The van der Waals surface area contributed by atoms with E-state index in [-0.39, 0.29) is 11.3 Å². The second-order valence-electron chi connectivity index (χ2n) is 8.78. The van der Waals surface area contributed by atoms with E-state index < -0.39 is 17.7 Å². The molecule has 0 radical (unpaired) electrons. The standard InChI is InChI=1S/C28H34Cl2N2O4/c1-4-7-16-36-21-11-8-10-20(17-21)26(33)24-25(19-12-13-22(29)23(30)18-19)32(28(35)27(24)34)15-9-14-31(5-2)6-3/h8,10-13,17-18,25,33H,4-7,9,14-16H2,1-3H3. The zero-order chi connectivity index (χ0) is 26.2. The number of carbonyl (C=O) groups excluding carboxylic acids is 2. The van der Waals surface area contributed by atoms with Crippen LogP contribution < -0.4 is 4.74 Å². The third-order valence-corrected chi connectivity index (χ3v) is 7.18. The van der Waals surface area contributed by atoms with Crippen molar-refractivity contribution >= 4 is 40.7 Å². The first-order chi connectivity index (χ1) is 17.3. The van der Waals surface area contributed by atoms with Gasteiger partial charge in [-0.3, -0.25) is 9.59 Å². The highest BCUT2D eigenvalue weighted by Crippen LogP contribution is 2.41. The molecule has 8 heteroatoms. The third-order valence-electron chi connectivity index (χ3n) is 6.44. The first-order valence-corrected chi connectivity index (χ1v) is 13.3. The molecule has 6 nitrogen and oxygen atoms in total. The van der Waals surface area contributed by atoms with Crippen LogP contribution in [-0.2, 0) is 9.59 Å². The number of benzene rings is 2. The van der Waals surface area contributed by atoms with Gasteiger partial charge in [-0.25, -0.2) is 0 Å². The predicted molar refractivity (Wildman–Crippen MR) is 145 cm³/mol. The minimum Gasteiger partial charge on any atom is -0.507 e. The van der Waals surface area contributed by atoms with Gasteiger partial charge in [0.25, 0.3) is 11.7 Å². The van der Waals surface area contributed by atoms with Gasteiger partial charge in [0.2, 0.25) is 0 Å². The summed E-state index contributed by atoms with van der Waals surface area (Å²) < 4.78 is 5.77. The van der Waals surface area contributed by atoms with E-state index in [1.807, 2.05) is 0 Å². The Kier molecular flexibility index (Phi) is 10.2. The van der Waals surface area contributed by atoms with Crippen LogP contribution in [0.25, 0.3) is 5.76 Å². The summed E-state index contributed by atoms with van der Waals surface area (Å²) in [6, 6.07) is 11.2. The van der Waals surface area contributed by atoms with Crippen molar-refractivity contribution in [1.82, 2.24) is 9.80 Å². The quantitative estimate of drug-likeness (QED) is 0.150. The predicted octanol–water partition coefficient (Wildman–Crippen LogP) is 6.33. The van der Waals surface area contributed by atoms with E-state index in [2.05, 4.69) is 25.7 Å². The number of carbonyl (C=O) groups is 2. The molecule has 194 valence electrons. The molecular formula is C28H34Cl2N2O4. The molecule has 0 bridgehead atoms. The van der Waals surface area contributed by atoms with Crippen molar-refractivity contribution in [3.05, 3.63) is 69.2 Å². The fourth-order valence-corrected chi connectivity index (χ4v) is 4.67. The topological polar surface area (TPSA) is 70.1 Å². The van der Waals surface area contributed by atoms with Crippen LogP contribution in [0.2, 0.25) is 10.0 Å². The van der Waals surface area contributed by atoms with Crippen LogP contribution in [0.1, 0.15) is 57.2 Å². The lowest BCUT2D eigenvalue weighted by atomic mass is 9.95. The molecule has 1 N–H and O–H groups in total. The number of amides is 1. The maximum Gasteiger partial charge on any atom is 0.295 e. The molecule has 0 aromatic heterocycles. The summed E-state index contributed by atoms with van der Waals surface area (Å²) in [6.07, 6.45) is 2.60. The largest absolute Gasteiger partial charge is 0.507 e. The van der Waals surface area contributed by atoms with Gasteiger partial charge in [-0.1, -0.05) is 68.6 Å². The first kappa shape index (κ1) is 28.0. The van der Waals surface area contributed by atoms with Gasteiger partial charge in [-0.15, -0.1) is 0 Å². The molecule has 1 aliphatic heterocycles. The number of aliphatic hydroxyl groups is 1. The van der Waals surface area contributed by atoms with E-state index >= 15 is 0 Å². The van der Waals surface area contributed by atoms with E-state index in [0.717, 1.165) is 32.5 Å². The Morgan fingerprint density at radius 3 is 2.44 bits per heavy atom. The van der Waals surface area contributed by atoms with Gasteiger partial charge >= 0.3 is 0 Å². The summed E-state index contributed by atoms with van der Waals surface area (Å²) in [7, 11) is 0. The third kappa shape index (κ3) is 6.41. The Morgan fingerprint density at radius 2 is 1.78 bits per heavy atom. The van der Waals surface area contributed by atoms with Crippen molar-refractivity contribution in [3.63, 3.8) is 0 Å². The van der Waals surface area contributed by atoms with Crippen LogP contribution >= 0.6 is 23.2 Å². The molecule has 1 saturated heterocycles. The maximum atomic E-state index is 13.3. The molecular weight excluding hydrogens is 499 g/mol. The van der Waals surface area contributed by atoms with Gasteiger partial charge in [-0.05, 0) is 62.3 Å². The number of rotatable bonds is 12. The fraction of sp³-hybridized carbons (Fsp3) is 0.429. The minimum atomic E-state index is -0.777. The second-order valence-corrected chi connectivity index (χ2v) is 9.59. The van der Waals surface area contributed by atoms with Crippen molar-refractivity contribution in [1.29, 1.82) is 0 Å². The van der Waals surface area contributed by atoms with E-state index in [4.69, 9.17) is 27.9 Å². The molecule has 0 saturated carbocycles. The number of ether oxygens (including phenoxy) is 1. The molecule has 1 heterocycles. The Morgan fingerprint density at radius 1 is 1.03 bits per heavy atom. The molecule has 0 spiro atoms. The minimum absolute atomic E-state index is 0.0342. The molecule has 3 rings (SSSR count). The second kappa shape index (κ2) is 13.1.